The fourth-order valence-corrected chi connectivity index (χ4v) is 2.99. The second-order valence-electron chi connectivity index (χ2n) is 6.66. The predicted octanol–water partition coefficient (Wildman–Crippen LogP) is 3.94. The van der Waals surface area contributed by atoms with Gasteiger partial charge in [-0.05, 0) is 48.6 Å². The summed E-state index contributed by atoms with van der Waals surface area (Å²) in [6.45, 7) is 2.36. The van der Waals surface area contributed by atoms with Crippen molar-refractivity contribution in [2.75, 3.05) is 25.1 Å². The number of rotatable bonds is 7. The van der Waals surface area contributed by atoms with E-state index in [0.29, 0.717) is 12.5 Å². The van der Waals surface area contributed by atoms with Gasteiger partial charge in [-0.2, -0.15) is 0 Å². The molecule has 3 rings (SSSR count). The Labute approximate surface area is 166 Å². The highest BCUT2D eigenvalue weighted by Gasteiger charge is 2.14. The van der Waals surface area contributed by atoms with Crippen molar-refractivity contribution in [2.45, 2.75) is 25.3 Å². The first-order valence-electron chi connectivity index (χ1n) is 9.11. The SMILES string of the molecule is Cl.NC(CC(=O)Nc1ccc(OCC2CCOCC2)cc1)c1ccccc1. The second kappa shape index (κ2) is 10.9. The predicted molar refractivity (Wildman–Crippen MR) is 109 cm³/mol. The molecular weight excluding hydrogens is 364 g/mol. The van der Waals surface area contributed by atoms with Gasteiger partial charge in [0.2, 0.25) is 5.91 Å². The number of carbonyl (C=O) groups is 1. The third-order valence-corrected chi connectivity index (χ3v) is 4.60. The normalized spacial score (nSPS) is 15.4. The lowest BCUT2D eigenvalue weighted by atomic mass is 10.0. The van der Waals surface area contributed by atoms with Crippen LogP contribution in [0, 0.1) is 5.92 Å². The molecule has 0 aliphatic carbocycles. The Morgan fingerprint density at radius 3 is 2.44 bits per heavy atom. The van der Waals surface area contributed by atoms with Crippen LogP contribution in [0.1, 0.15) is 30.9 Å². The minimum absolute atomic E-state index is 0. The van der Waals surface area contributed by atoms with Crippen LogP contribution >= 0.6 is 12.4 Å². The average molecular weight is 391 g/mol. The topological polar surface area (TPSA) is 73.6 Å². The first kappa shape index (κ1) is 21.2. The van der Waals surface area contributed by atoms with Crippen molar-refractivity contribution >= 4 is 24.0 Å². The molecule has 1 unspecified atom stereocenters. The monoisotopic (exact) mass is 390 g/mol. The molecule has 0 saturated carbocycles. The van der Waals surface area contributed by atoms with E-state index in [1.165, 1.54) is 0 Å². The van der Waals surface area contributed by atoms with E-state index in [4.69, 9.17) is 15.2 Å². The van der Waals surface area contributed by atoms with Gasteiger partial charge < -0.3 is 20.5 Å². The molecule has 0 aromatic heterocycles. The molecule has 3 N–H and O–H groups in total. The smallest absolute Gasteiger partial charge is 0.226 e. The van der Waals surface area contributed by atoms with Gasteiger partial charge in [0.1, 0.15) is 5.75 Å². The minimum atomic E-state index is -0.307. The Morgan fingerprint density at radius 1 is 1.11 bits per heavy atom. The van der Waals surface area contributed by atoms with Crippen molar-refractivity contribution < 1.29 is 14.3 Å². The summed E-state index contributed by atoms with van der Waals surface area (Å²) in [5, 5.41) is 2.88. The zero-order valence-corrected chi connectivity index (χ0v) is 16.1. The van der Waals surface area contributed by atoms with Crippen molar-refractivity contribution in [1.82, 2.24) is 0 Å². The number of halogens is 1. The maximum atomic E-state index is 12.2. The molecule has 1 atom stereocenters. The van der Waals surface area contributed by atoms with Crippen LogP contribution in [0.2, 0.25) is 0 Å². The van der Waals surface area contributed by atoms with E-state index in [9.17, 15) is 4.79 Å². The molecule has 2 aromatic carbocycles. The Kier molecular flexibility index (Phi) is 8.58. The molecule has 1 amide bonds. The molecule has 0 spiro atoms. The van der Waals surface area contributed by atoms with Crippen molar-refractivity contribution in [3.8, 4) is 5.75 Å². The molecular formula is C21H27ClN2O3. The van der Waals surface area contributed by atoms with Crippen LogP contribution in [0.4, 0.5) is 5.69 Å². The largest absolute Gasteiger partial charge is 0.493 e. The van der Waals surface area contributed by atoms with Crippen molar-refractivity contribution in [3.05, 3.63) is 60.2 Å². The van der Waals surface area contributed by atoms with E-state index >= 15 is 0 Å². The summed E-state index contributed by atoms with van der Waals surface area (Å²) in [4.78, 5) is 12.2. The van der Waals surface area contributed by atoms with E-state index < -0.39 is 0 Å². The number of amides is 1. The highest BCUT2D eigenvalue weighted by atomic mass is 35.5. The summed E-state index contributed by atoms with van der Waals surface area (Å²) in [6, 6.07) is 16.8. The van der Waals surface area contributed by atoms with Crippen LogP contribution in [0.5, 0.6) is 5.75 Å². The Bertz CT molecular complexity index is 688. The van der Waals surface area contributed by atoms with Crippen LogP contribution < -0.4 is 15.8 Å². The van der Waals surface area contributed by atoms with Crippen LogP contribution in [-0.2, 0) is 9.53 Å². The number of nitrogens with two attached hydrogens (primary N) is 1. The van der Waals surface area contributed by atoms with Gasteiger partial charge in [-0.25, -0.2) is 0 Å². The van der Waals surface area contributed by atoms with Crippen molar-refractivity contribution in [2.24, 2.45) is 11.7 Å². The standard InChI is InChI=1S/C21H26N2O3.ClH/c22-20(17-4-2-1-3-5-17)14-21(24)23-18-6-8-19(9-7-18)26-15-16-10-12-25-13-11-16;/h1-9,16,20H,10-15,22H2,(H,23,24);1H. The van der Waals surface area contributed by atoms with Crippen LogP contribution in [0.25, 0.3) is 0 Å². The quantitative estimate of drug-likeness (QED) is 0.750. The van der Waals surface area contributed by atoms with Gasteiger partial charge in [-0.3, -0.25) is 4.79 Å². The summed E-state index contributed by atoms with van der Waals surface area (Å²) in [5.74, 6) is 1.27. The lowest BCUT2D eigenvalue weighted by Gasteiger charge is -2.22. The summed E-state index contributed by atoms with van der Waals surface area (Å²) in [6.07, 6.45) is 2.34. The number of anilines is 1. The van der Waals surface area contributed by atoms with Crippen molar-refractivity contribution in [3.63, 3.8) is 0 Å². The molecule has 6 heteroatoms. The first-order valence-corrected chi connectivity index (χ1v) is 9.11. The zero-order valence-electron chi connectivity index (χ0n) is 15.3. The fourth-order valence-electron chi connectivity index (χ4n) is 2.99. The number of hydrogen-bond donors (Lipinski definition) is 2. The lowest BCUT2D eigenvalue weighted by Crippen LogP contribution is -2.21. The summed E-state index contributed by atoms with van der Waals surface area (Å²) in [5.41, 5.74) is 7.80. The maximum Gasteiger partial charge on any atom is 0.226 e. The molecule has 27 heavy (non-hydrogen) atoms. The van der Waals surface area contributed by atoms with Gasteiger partial charge in [-0.15, -0.1) is 12.4 Å². The summed E-state index contributed by atoms with van der Waals surface area (Å²) >= 11 is 0. The Balaban J connectivity index is 0.00000261. The molecule has 2 aromatic rings. The first-order chi connectivity index (χ1) is 12.7. The van der Waals surface area contributed by atoms with Crippen molar-refractivity contribution in [1.29, 1.82) is 0 Å². The number of benzene rings is 2. The van der Waals surface area contributed by atoms with Gasteiger partial charge in [-0.1, -0.05) is 30.3 Å². The molecule has 1 aliphatic heterocycles. The van der Waals surface area contributed by atoms with E-state index in [0.717, 1.165) is 43.1 Å². The fraction of sp³-hybridized carbons (Fsp3) is 0.381. The van der Waals surface area contributed by atoms with Gasteiger partial charge in [0.25, 0.3) is 0 Å². The second-order valence-corrected chi connectivity index (χ2v) is 6.66. The van der Waals surface area contributed by atoms with E-state index in [1.54, 1.807) is 0 Å². The van der Waals surface area contributed by atoms with Gasteiger partial charge in [0.15, 0.2) is 0 Å². The highest BCUT2D eigenvalue weighted by molar-refractivity contribution is 5.91. The molecule has 0 bridgehead atoms. The van der Waals surface area contributed by atoms with Crippen LogP contribution in [0.15, 0.2) is 54.6 Å². The van der Waals surface area contributed by atoms with E-state index in [1.807, 2.05) is 54.6 Å². The molecule has 1 fully saturated rings. The number of carbonyl (C=O) groups excluding carboxylic acids is 1. The minimum Gasteiger partial charge on any atom is -0.493 e. The van der Waals surface area contributed by atoms with Gasteiger partial charge in [0.05, 0.1) is 6.61 Å². The summed E-state index contributed by atoms with van der Waals surface area (Å²) < 4.78 is 11.2. The number of nitrogens with one attached hydrogen (secondary N) is 1. The van der Waals surface area contributed by atoms with E-state index in [-0.39, 0.29) is 30.8 Å². The van der Waals surface area contributed by atoms with Gasteiger partial charge in [0, 0.05) is 31.4 Å². The highest BCUT2D eigenvalue weighted by Crippen LogP contribution is 2.20. The molecule has 1 aliphatic rings. The molecule has 5 nitrogen and oxygen atoms in total. The van der Waals surface area contributed by atoms with Crippen LogP contribution in [-0.4, -0.2) is 25.7 Å². The third kappa shape index (κ3) is 6.86. The average Bonchev–Trinajstić information content (AvgIpc) is 2.69. The molecule has 0 radical (unpaired) electrons. The third-order valence-electron chi connectivity index (χ3n) is 4.60. The molecule has 146 valence electrons. The molecule has 1 saturated heterocycles. The zero-order chi connectivity index (χ0) is 18.2. The van der Waals surface area contributed by atoms with Gasteiger partial charge >= 0.3 is 0 Å². The molecule has 1 heterocycles. The lowest BCUT2D eigenvalue weighted by molar-refractivity contribution is -0.116. The van der Waals surface area contributed by atoms with Crippen LogP contribution in [0.3, 0.4) is 0 Å². The number of ether oxygens (including phenoxy) is 2. The van der Waals surface area contributed by atoms with E-state index in [2.05, 4.69) is 5.32 Å². The maximum absolute atomic E-state index is 12.2. The number of hydrogen-bond acceptors (Lipinski definition) is 4. The Hall–Kier alpha value is -2.08. The summed E-state index contributed by atoms with van der Waals surface area (Å²) in [7, 11) is 0. The Morgan fingerprint density at radius 2 is 1.78 bits per heavy atom.